The van der Waals surface area contributed by atoms with Crippen molar-refractivity contribution in [2.24, 2.45) is 0 Å². The summed E-state index contributed by atoms with van der Waals surface area (Å²) in [5, 5.41) is 0. The van der Waals surface area contributed by atoms with Crippen molar-refractivity contribution >= 4 is 22.9 Å². The maximum atomic E-state index is 12.8. The molecule has 1 amide bonds. The summed E-state index contributed by atoms with van der Waals surface area (Å²) in [5.74, 6) is 0.830. The van der Waals surface area contributed by atoms with Gasteiger partial charge in [0.2, 0.25) is 0 Å². The fourth-order valence-corrected chi connectivity index (χ4v) is 3.77. The van der Waals surface area contributed by atoms with Gasteiger partial charge in [-0.2, -0.15) is 0 Å². The lowest BCUT2D eigenvalue weighted by Gasteiger charge is -2.31. The highest BCUT2D eigenvalue weighted by Gasteiger charge is 2.26. The van der Waals surface area contributed by atoms with E-state index in [1.165, 1.54) is 12.7 Å². The van der Waals surface area contributed by atoms with Crippen molar-refractivity contribution in [3.8, 4) is 0 Å². The normalized spacial score (nSPS) is 15.0. The summed E-state index contributed by atoms with van der Waals surface area (Å²) in [6.07, 6.45) is 1.72. The average Bonchev–Trinajstić information content (AvgIpc) is 3.16. The standard InChI is InChI=1S/C22H23N3O3/c1-14-6-7-18-19(12-14)24-20(23-18)15-8-10-25(11-9-15)21(26)16-4-3-5-17(13-16)22(27)28-2/h3-7,12-13,15H,8-11H2,1-2H3,(H,23,24). The largest absolute Gasteiger partial charge is 0.465 e. The highest BCUT2D eigenvalue weighted by atomic mass is 16.5. The molecule has 1 aromatic heterocycles. The van der Waals surface area contributed by atoms with Gasteiger partial charge in [0.05, 0.1) is 23.7 Å². The fourth-order valence-electron chi connectivity index (χ4n) is 3.77. The van der Waals surface area contributed by atoms with Crippen molar-refractivity contribution in [1.82, 2.24) is 14.9 Å². The van der Waals surface area contributed by atoms with E-state index in [1.807, 2.05) is 11.0 Å². The van der Waals surface area contributed by atoms with E-state index in [2.05, 4.69) is 24.0 Å². The molecule has 1 N–H and O–H groups in total. The molecule has 6 heteroatoms. The number of esters is 1. The number of rotatable bonds is 3. The molecule has 0 radical (unpaired) electrons. The third-order valence-corrected chi connectivity index (χ3v) is 5.36. The van der Waals surface area contributed by atoms with Crippen molar-refractivity contribution in [2.75, 3.05) is 20.2 Å². The zero-order chi connectivity index (χ0) is 19.7. The molecule has 144 valence electrons. The highest BCUT2D eigenvalue weighted by Crippen LogP contribution is 2.28. The molecule has 1 aliphatic heterocycles. The number of hydrogen-bond acceptors (Lipinski definition) is 4. The third-order valence-electron chi connectivity index (χ3n) is 5.36. The monoisotopic (exact) mass is 377 g/mol. The number of nitrogens with one attached hydrogen (secondary N) is 1. The van der Waals surface area contributed by atoms with Crippen LogP contribution in [0.4, 0.5) is 0 Å². The average molecular weight is 377 g/mol. The van der Waals surface area contributed by atoms with Gasteiger partial charge < -0.3 is 14.6 Å². The van der Waals surface area contributed by atoms with Gasteiger partial charge in [-0.05, 0) is 55.7 Å². The second-order valence-electron chi connectivity index (χ2n) is 7.28. The van der Waals surface area contributed by atoms with Gasteiger partial charge in [0.15, 0.2) is 0 Å². The van der Waals surface area contributed by atoms with Crippen LogP contribution in [0.15, 0.2) is 42.5 Å². The van der Waals surface area contributed by atoms with Crippen molar-refractivity contribution < 1.29 is 14.3 Å². The Morgan fingerprint density at radius 3 is 2.61 bits per heavy atom. The first-order valence-electron chi connectivity index (χ1n) is 9.49. The van der Waals surface area contributed by atoms with Gasteiger partial charge in [-0.15, -0.1) is 0 Å². The van der Waals surface area contributed by atoms with Gasteiger partial charge in [0.1, 0.15) is 5.82 Å². The van der Waals surface area contributed by atoms with E-state index in [-0.39, 0.29) is 5.91 Å². The molecule has 2 aromatic carbocycles. The SMILES string of the molecule is COC(=O)c1cccc(C(=O)N2CCC(c3nc4ccc(C)cc4[nH]3)CC2)c1. The number of piperidine rings is 1. The van der Waals surface area contributed by atoms with Crippen LogP contribution in [-0.2, 0) is 4.74 Å². The topological polar surface area (TPSA) is 75.3 Å². The zero-order valence-electron chi connectivity index (χ0n) is 16.1. The molecule has 3 aromatic rings. The predicted molar refractivity (Wildman–Crippen MR) is 106 cm³/mol. The molecule has 1 saturated heterocycles. The van der Waals surface area contributed by atoms with Gasteiger partial charge in [-0.25, -0.2) is 9.78 Å². The van der Waals surface area contributed by atoms with Crippen molar-refractivity contribution in [2.45, 2.75) is 25.7 Å². The summed E-state index contributed by atoms with van der Waals surface area (Å²) < 4.78 is 4.74. The van der Waals surface area contributed by atoms with E-state index in [1.54, 1.807) is 24.3 Å². The summed E-state index contributed by atoms with van der Waals surface area (Å²) in [7, 11) is 1.33. The van der Waals surface area contributed by atoms with E-state index < -0.39 is 5.97 Å². The molecule has 0 unspecified atom stereocenters. The number of aryl methyl sites for hydroxylation is 1. The molecule has 6 nitrogen and oxygen atoms in total. The Morgan fingerprint density at radius 2 is 1.86 bits per heavy atom. The molecule has 0 spiro atoms. The summed E-state index contributed by atoms with van der Waals surface area (Å²) in [4.78, 5) is 34.6. The number of ether oxygens (including phenoxy) is 1. The van der Waals surface area contributed by atoms with Crippen LogP contribution >= 0.6 is 0 Å². The van der Waals surface area contributed by atoms with E-state index in [0.717, 1.165) is 29.7 Å². The van der Waals surface area contributed by atoms with E-state index >= 15 is 0 Å². The second kappa shape index (κ2) is 7.46. The van der Waals surface area contributed by atoms with Gasteiger partial charge in [0, 0.05) is 24.6 Å². The molecular weight excluding hydrogens is 354 g/mol. The molecule has 4 rings (SSSR count). The van der Waals surface area contributed by atoms with Crippen LogP contribution in [0.25, 0.3) is 11.0 Å². The van der Waals surface area contributed by atoms with Crippen LogP contribution in [0, 0.1) is 6.92 Å². The number of methoxy groups -OCH3 is 1. The molecule has 1 fully saturated rings. The number of carbonyl (C=O) groups is 2. The number of aromatic amines is 1. The zero-order valence-corrected chi connectivity index (χ0v) is 16.1. The molecule has 2 heterocycles. The Kier molecular flexibility index (Phi) is 4.86. The number of nitrogens with zero attached hydrogens (tertiary/aromatic N) is 2. The maximum Gasteiger partial charge on any atom is 0.337 e. The number of amides is 1. The first-order valence-corrected chi connectivity index (χ1v) is 9.49. The summed E-state index contributed by atoms with van der Waals surface area (Å²) in [5.41, 5.74) is 4.16. The number of hydrogen-bond donors (Lipinski definition) is 1. The van der Waals surface area contributed by atoms with Crippen LogP contribution in [-0.4, -0.2) is 46.9 Å². The highest BCUT2D eigenvalue weighted by molar-refractivity contribution is 5.98. The van der Waals surface area contributed by atoms with E-state index in [9.17, 15) is 9.59 Å². The summed E-state index contributed by atoms with van der Waals surface area (Å²) in [6, 6.07) is 12.9. The van der Waals surface area contributed by atoms with Crippen molar-refractivity contribution in [1.29, 1.82) is 0 Å². The molecule has 0 atom stereocenters. The first kappa shape index (κ1) is 18.2. The minimum atomic E-state index is -0.437. The first-order chi connectivity index (χ1) is 13.5. The Labute approximate surface area is 163 Å². The number of benzene rings is 2. The van der Waals surface area contributed by atoms with Gasteiger partial charge in [0.25, 0.3) is 5.91 Å². The quantitative estimate of drug-likeness (QED) is 0.707. The number of aromatic nitrogens is 2. The smallest absolute Gasteiger partial charge is 0.337 e. The van der Waals surface area contributed by atoms with Gasteiger partial charge >= 0.3 is 5.97 Å². The van der Waals surface area contributed by atoms with Crippen LogP contribution < -0.4 is 0 Å². The Bertz CT molecular complexity index is 1030. The van der Waals surface area contributed by atoms with Crippen LogP contribution in [0.5, 0.6) is 0 Å². The van der Waals surface area contributed by atoms with Crippen molar-refractivity contribution in [3.05, 3.63) is 65.0 Å². The Hall–Kier alpha value is -3.15. The third kappa shape index (κ3) is 3.50. The minimum Gasteiger partial charge on any atom is -0.465 e. The summed E-state index contributed by atoms with van der Waals surface area (Å²) in [6.45, 7) is 3.41. The number of imidazole rings is 1. The molecule has 0 bridgehead atoms. The number of carbonyl (C=O) groups excluding carboxylic acids is 2. The predicted octanol–water partition coefficient (Wildman–Crippen LogP) is 3.68. The van der Waals surface area contributed by atoms with E-state index in [0.29, 0.717) is 30.1 Å². The van der Waals surface area contributed by atoms with Crippen molar-refractivity contribution in [3.63, 3.8) is 0 Å². The number of fused-ring (bicyclic) bond motifs is 1. The fraction of sp³-hybridized carbons (Fsp3) is 0.318. The van der Waals surface area contributed by atoms with Crippen LogP contribution in [0.3, 0.4) is 0 Å². The summed E-state index contributed by atoms with van der Waals surface area (Å²) >= 11 is 0. The lowest BCUT2D eigenvalue weighted by molar-refractivity contribution is 0.0600. The number of H-pyrrole nitrogens is 1. The lowest BCUT2D eigenvalue weighted by atomic mass is 9.95. The molecular formula is C22H23N3O3. The molecule has 1 aliphatic rings. The van der Waals surface area contributed by atoms with Crippen LogP contribution in [0.1, 0.15) is 50.9 Å². The minimum absolute atomic E-state index is 0.0515. The Balaban J connectivity index is 1.44. The van der Waals surface area contributed by atoms with Gasteiger partial charge in [-0.1, -0.05) is 12.1 Å². The second-order valence-corrected chi connectivity index (χ2v) is 7.28. The molecule has 0 aliphatic carbocycles. The Morgan fingerprint density at radius 1 is 1.11 bits per heavy atom. The van der Waals surface area contributed by atoms with Crippen LogP contribution in [0.2, 0.25) is 0 Å². The molecule has 28 heavy (non-hydrogen) atoms. The number of likely N-dealkylation sites (tertiary alicyclic amines) is 1. The van der Waals surface area contributed by atoms with E-state index in [4.69, 9.17) is 9.72 Å². The maximum absolute atomic E-state index is 12.8. The van der Waals surface area contributed by atoms with Gasteiger partial charge in [-0.3, -0.25) is 4.79 Å². The lowest BCUT2D eigenvalue weighted by Crippen LogP contribution is -2.38. The molecule has 0 saturated carbocycles.